The van der Waals surface area contributed by atoms with E-state index in [4.69, 9.17) is 4.98 Å². The number of H-pyrrole nitrogens is 1. The molecular formula is C25H36N6. The van der Waals surface area contributed by atoms with E-state index in [-0.39, 0.29) is 5.41 Å². The summed E-state index contributed by atoms with van der Waals surface area (Å²) < 4.78 is 0. The van der Waals surface area contributed by atoms with E-state index < -0.39 is 0 Å². The maximum atomic E-state index is 4.77. The van der Waals surface area contributed by atoms with Crippen LogP contribution in [0.3, 0.4) is 0 Å². The van der Waals surface area contributed by atoms with Gasteiger partial charge in [0.05, 0.1) is 22.3 Å². The minimum Gasteiger partial charge on any atom is -0.354 e. The number of aromatic amines is 1. The Morgan fingerprint density at radius 3 is 2.65 bits per heavy atom. The number of imidazole rings is 1. The number of rotatable bonds is 6. The highest BCUT2D eigenvalue weighted by Crippen LogP contribution is 2.28. The van der Waals surface area contributed by atoms with Crippen molar-refractivity contribution in [2.24, 2.45) is 5.92 Å². The molecule has 0 radical (unpaired) electrons. The normalized spacial score (nSPS) is 16.2. The quantitative estimate of drug-likeness (QED) is 0.539. The van der Waals surface area contributed by atoms with Crippen molar-refractivity contribution in [1.29, 1.82) is 0 Å². The van der Waals surface area contributed by atoms with E-state index in [1.807, 2.05) is 13.1 Å². The van der Waals surface area contributed by atoms with E-state index in [1.165, 1.54) is 37.9 Å². The Morgan fingerprint density at radius 2 is 1.94 bits per heavy atom. The van der Waals surface area contributed by atoms with Crippen molar-refractivity contribution in [1.82, 2.24) is 24.8 Å². The lowest BCUT2D eigenvalue weighted by atomic mass is 9.87. The smallest absolute Gasteiger partial charge is 0.222 e. The summed E-state index contributed by atoms with van der Waals surface area (Å²) in [4.78, 5) is 19.9. The van der Waals surface area contributed by atoms with Crippen LogP contribution in [-0.4, -0.2) is 51.5 Å². The molecule has 166 valence electrons. The summed E-state index contributed by atoms with van der Waals surface area (Å²) in [5.74, 6) is 2.40. The molecule has 0 amide bonds. The highest BCUT2D eigenvalue weighted by Gasteiger charge is 2.17. The highest BCUT2D eigenvalue weighted by molar-refractivity contribution is 5.80. The zero-order chi connectivity index (χ0) is 22.0. The molecule has 6 nitrogen and oxygen atoms in total. The van der Waals surface area contributed by atoms with Crippen molar-refractivity contribution >= 4 is 17.0 Å². The zero-order valence-corrected chi connectivity index (χ0v) is 19.6. The summed E-state index contributed by atoms with van der Waals surface area (Å²) in [5, 5.41) is 3.40. The minimum absolute atomic E-state index is 0.110. The molecule has 2 N–H and O–H groups in total. The second-order valence-corrected chi connectivity index (χ2v) is 10.1. The van der Waals surface area contributed by atoms with E-state index >= 15 is 0 Å². The van der Waals surface area contributed by atoms with Crippen LogP contribution in [0.25, 0.3) is 22.4 Å². The van der Waals surface area contributed by atoms with Gasteiger partial charge in [-0.25, -0.2) is 15.0 Å². The predicted octanol–water partition coefficient (Wildman–Crippen LogP) is 5.16. The molecule has 0 bridgehead atoms. The van der Waals surface area contributed by atoms with Gasteiger partial charge < -0.3 is 15.2 Å². The van der Waals surface area contributed by atoms with Gasteiger partial charge in [-0.05, 0) is 81.8 Å². The van der Waals surface area contributed by atoms with Crippen LogP contribution in [0, 0.1) is 12.8 Å². The van der Waals surface area contributed by atoms with Crippen molar-refractivity contribution in [3.63, 3.8) is 0 Å². The maximum absolute atomic E-state index is 4.77. The first kappa shape index (κ1) is 21.8. The van der Waals surface area contributed by atoms with Gasteiger partial charge in [0, 0.05) is 12.7 Å². The lowest BCUT2D eigenvalue weighted by Crippen LogP contribution is -2.30. The topological polar surface area (TPSA) is 69.7 Å². The Balaban J connectivity index is 1.38. The SMILES string of the molecule is Cc1nc(NCCCC2CCN(C)CC2)ncc1-c1nc2ccc(C(C)(C)C)cc2[nH]1. The molecule has 0 spiro atoms. The Kier molecular flexibility index (Phi) is 6.28. The monoisotopic (exact) mass is 420 g/mol. The second kappa shape index (κ2) is 8.95. The van der Waals surface area contributed by atoms with Gasteiger partial charge in [-0.2, -0.15) is 0 Å². The molecule has 31 heavy (non-hydrogen) atoms. The average molecular weight is 421 g/mol. The maximum Gasteiger partial charge on any atom is 0.222 e. The number of nitrogens with one attached hydrogen (secondary N) is 2. The Morgan fingerprint density at radius 1 is 1.16 bits per heavy atom. The third-order valence-corrected chi connectivity index (χ3v) is 6.49. The van der Waals surface area contributed by atoms with Crippen molar-refractivity contribution in [2.75, 3.05) is 32.0 Å². The molecule has 0 aliphatic carbocycles. The van der Waals surface area contributed by atoms with Gasteiger partial charge >= 0.3 is 0 Å². The van der Waals surface area contributed by atoms with Gasteiger partial charge in [0.2, 0.25) is 5.95 Å². The number of likely N-dealkylation sites (tertiary alicyclic amines) is 1. The molecule has 4 rings (SSSR count). The van der Waals surface area contributed by atoms with Crippen molar-refractivity contribution in [3.8, 4) is 11.4 Å². The Bertz CT molecular complexity index is 1020. The minimum atomic E-state index is 0.110. The molecule has 0 unspecified atom stereocenters. The van der Waals surface area contributed by atoms with E-state index in [9.17, 15) is 0 Å². The van der Waals surface area contributed by atoms with E-state index in [0.29, 0.717) is 5.95 Å². The summed E-state index contributed by atoms with van der Waals surface area (Å²) in [5.41, 5.74) is 5.31. The molecule has 1 fully saturated rings. The third kappa shape index (κ3) is 5.24. The number of nitrogens with zero attached hydrogens (tertiary/aromatic N) is 4. The molecule has 3 heterocycles. The number of hydrogen-bond acceptors (Lipinski definition) is 5. The molecule has 1 aliphatic rings. The van der Waals surface area contributed by atoms with Gasteiger partial charge in [0.15, 0.2) is 0 Å². The molecule has 6 heteroatoms. The van der Waals surface area contributed by atoms with Gasteiger partial charge in [-0.3, -0.25) is 0 Å². The van der Waals surface area contributed by atoms with Gasteiger partial charge in [-0.15, -0.1) is 0 Å². The van der Waals surface area contributed by atoms with E-state index in [0.717, 1.165) is 47.0 Å². The van der Waals surface area contributed by atoms with Gasteiger partial charge in [0.1, 0.15) is 5.82 Å². The number of piperidine rings is 1. The first-order valence-electron chi connectivity index (χ1n) is 11.6. The summed E-state index contributed by atoms with van der Waals surface area (Å²) >= 11 is 0. The fourth-order valence-corrected chi connectivity index (χ4v) is 4.33. The standard InChI is InChI=1S/C25H36N6/c1-17-20(23-29-21-9-8-19(25(2,3)4)15-22(21)30-23)16-27-24(28-17)26-12-6-7-18-10-13-31(5)14-11-18/h8-9,15-16,18H,6-7,10-14H2,1-5H3,(H,29,30)(H,26,27,28). The molecular weight excluding hydrogens is 384 g/mol. The predicted molar refractivity (Wildman–Crippen MR) is 129 cm³/mol. The molecule has 0 saturated carbocycles. The van der Waals surface area contributed by atoms with E-state index in [2.05, 4.69) is 71.2 Å². The number of hydrogen-bond donors (Lipinski definition) is 2. The van der Waals surface area contributed by atoms with Crippen LogP contribution in [0.1, 0.15) is 57.7 Å². The van der Waals surface area contributed by atoms with E-state index in [1.54, 1.807) is 0 Å². The molecule has 3 aromatic rings. The van der Waals surface area contributed by atoms with Crippen molar-refractivity contribution in [3.05, 3.63) is 35.7 Å². The lowest BCUT2D eigenvalue weighted by molar-refractivity contribution is 0.211. The van der Waals surface area contributed by atoms with Crippen molar-refractivity contribution < 1.29 is 0 Å². The molecule has 1 saturated heterocycles. The first-order chi connectivity index (χ1) is 14.8. The largest absolute Gasteiger partial charge is 0.354 e. The van der Waals surface area contributed by atoms with Gasteiger partial charge in [-0.1, -0.05) is 26.8 Å². The summed E-state index contributed by atoms with van der Waals surface area (Å²) in [6, 6.07) is 6.45. The number of benzene rings is 1. The number of anilines is 1. The fourth-order valence-electron chi connectivity index (χ4n) is 4.33. The zero-order valence-electron chi connectivity index (χ0n) is 19.6. The number of aromatic nitrogens is 4. The highest BCUT2D eigenvalue weighted by atomic mass is 15.1. The van der Waals surface area contributed by atoms with Crippen LogP contribution in [0.15, 0.2) is 24.4 Å². The molecule has 1 aromatic carbocycles. The van der Waals surface area contributed by atoms with Crippen LogP contribution >= 0.6 is 0 Å². The number of fused-ring (bicyclic) bond motifs is 1. The van der Waals surface area contributed by atoms with Gasteiger partial charge in [0.25, 0.3) is 0 Å². The van der Waals surface area contributed by atoms with Crippen LogP contribution in [0.4, 0.5) is 5.95 Å². The molecule has 1 aliphatic heterocycles. The fraction of sp³-hybridized carbons (Fsp3) is 0.560. The number of aryl methyl sites for hydroxylation is 1. The summed E-state index contributed by atoms with van der Waals surface area (Å²) in [6.07, 6.45) is 6.99. The first-order valence-corrected chi connectivity index (χ1v) is 11.6. The lowest BCUT2D eigenvalue weighted by Gasteiger charge is -2.28. The second-order valence-electron chi connectivity index (χ2n) is 10.1. The third-order valence-electron chi connectivity index (χ3n) is 6.49. The van der Waals surface area contributed by atoms with Crippen molar-refractivity contribution in [2.45, 2.75) is 58.8 Å². The van der Waals surface area contributed by atoms with Crippen LogP contribution in [-0.2, 0) is 5.41 Å². The summed E-state index contributed by atoms with van der Waals surface area (Å²) in [7, 11) is 2.22. The molecule has 2 aromatic heterocycles. The van der Waals surface area contributed by atoms with Crippen LogP contribution in [0.2, 0.25) is 0 Å². The molecule has 0 atom stereocenters. The van der Waals surface area contributed by atoms with Crippen LogP contribution < -0.4 is 5.32 Å². The Labute approximate surface area is 185 Å². The van der Waals surface area contributed by atoms with Crippen LogP contribution in [0.5, 0.6) is 0 Å². The summed E-state index contributed by atoms with van der Waals surface area (Å²) in [6.45, 7) is 12.1. The average Bonchev–Trinajstić information content (AvgIpc) is 3.15. The Hall–Kier alpha value is -2.47.